The van der Waals surface area contributed by atoms with E-state index in [0.29, 0.717) is 6.04 Å². The zero-order valence-corrected chi connectivity index (χ0v) is 10.9. The fraction of sp³-hybridized carbons (Fsp3) is 0.636. The van der Waals surface area contributed by atoms with Crippen LogP contribution in [0.1, 0.15) is 30.9 Å². The molecular formula is C11H15BrN2S. The quantitative estimate of drug-likeness (QED) is 0.662. The fourth-order valence-electron chi connectivity index (χ4n) is 3.29. The standard InChI is InChI=1S/C11H15BrN2S/c12-9-5-15-4-8(9)11(14-13)10-6-2-1-3-7(6)10/h4-7,10-11,14H,1-3,13H2. The normalized spacial score (nSPS) is 35.2. The van der Waals surface area contributed by atoms with Gasteiger partial charge in [0.1, 0.15) is 0 Å². The van der Waals surface area contributed by atoms with Crippen LogP contribution in [0.4, 0.5) is 0 Å². The Labute approximate surface area is 102 Å². The Morgan fingerprint density at radius 2 is 2.13 bits per heavy atom. The van der Waals surface area contributed by atoms with E-state index in [-0.39, 0.29) is 0 Å². The van der Waals surface area contributed by atoms with Crippen LogP contribution in [-0.4, -0.2) is 0 Å². The maximum atomic E-state index is 5.71. The molecule has 1 aromatic heterocycles. The van der Waals surface area contributed by atoms with Gasteiger partial charge < -0.3 is 0 Å². The molecule has 0 saturated heterocycles. The van der Waals surface area contributed by atoms with Crippen molar-refractivity contribution in [1.82, 2.24) is 5.43 Å². The Kier molecular flexibility index (Phi) is 2.63. The topological polar surface area (TPSA) is 38.0 Å². The number of halogens is 1. The molecule has 3 unspecified atom stereocenters. The van der Waals surface area contributed by atoms with Crippen LogP contribution in [0.25, 0.3) is 0 Å². The maximum absolute atomic E-state index is 5.71. The number of nitrogens with one attached hydrogen (secondary N) is 1. The highest BCUT2D eigenvalue weighted by atomic mass is 79.9. The van der Waals surface area contributed by atoms with Gasteiger partial charge in [0.2, 0.25) is 0 Å². The third kappa shape index (κ3) is 1.58. The van der Waals surface area contributed by atoms with Gasteiger partial charge >= 0.3 is 0 Å². The van der Waals surface area contributed by atoms with Crippen LogP contribution < -0.4 is 11.3 Å². The lowest BCUT2D eigenvalue weighted by atomic mass is 10.00. The van der Waals surface area contributed by atoms with Gasteiger partial charge in [0, 0.05) is 9.85 Å². The molecule has 0 aromatic carbocycles. The van der Waals surface area contributed by atoms with Crippen LogP contribution in [0.2, 0.25) is 0 Å². The SMILES string of the molecule is NNC(c1cscc1Br)C1C2CCCC21. The van der Waals surface area contributed by atoms with Gasteiger partial charge in [-0.25, -0.2) is 0 Å². The lowest BCUT2D eigenvalue weighted by Gasteiger charge is -2.17. The number of thiophene rings is 1. The first-order valence-corrected chi connectivity index (χ1v) is 7.24. The molecule has 15 heavy (non-hydrogen) atoms. The second-order valence-corrected chi connectivity index (χ2v) is 6.25. The summed E-state index contributed by atoms with van der Waals surface area (Å²) >= 11 is 5.34. The predicted molar refractivity (Wildman–Crippen MR) is 66.4 cm³/mol. The van der Waals surface area contributed by atoms with Gasteiger partial charge in [-0.15, -0.1) is 0 Å². The maximum Gasteiger partial charge on any atom is 0.0513 e. The molecule has 2 aliphatic rings. The molecule has 1 aromatic rings. The van der Waals surface area contributed by atoms with Gasteiger partial charge in [0.25, 0.3) is 0 Å². The van der Waals surface area contributed by atoms with Gasteiger partial charge in [-0.1, -0.05) is 6.42 Å². The Morgan fingerprint density at radius 1 is 1.40 bits per heavy atom. The average Bonchev–Trinajstić information content (AvgIpc) is 2.66. The molecule has 2 nitrogen and oxygen atoms in total. The van der Waals surface area contributed by atoms with Crippen LogP contribution in [0.3, 0.4) is 0 Å². The number of fused-ring (bicyclic) bond motifs is 1. The van der Waals surface area contributed by atoms with E-state index in [9.17, 15) is 0 Å². The van der Waals surface area contributed by atoms with Crippen LogP contribution in [0.5, 0.6) is 0 Å². The zero-order valence-electron chi connectivity index (χ0n) is 8.45. The molecule has 2 saturated carbocycles. The van der Waals surface area contributed by atoms with E-state index in [1.807, 2.05) is 0 Å². The molecule has 0 radical (unpaired) electrons. The highest BCUT2D eigenvalue weighted by Crippen LogP contribution is 2.62. The first kappa shape index (κ1) is 10.3. The summed E-state index contributed by atoms with van der Waals surface area (Å²) in [6.07, 6.45) is 4.25. The van der Waals surface area contributed by atoms with Gasteiger partial charge in [0.15, 0.2) is 0 Å². The van der Waals surface area contributed by atoms with E-state index in [2.05, 4.69) is 32.1 Å². The summed E-state index contributed by atoms with van der Waals surface area (Å²) < 4.78 is 1.21. The van der Waals surface area contributed by atoms with Crippen LogP contribution in [-0.2, 0) is 0 Å². The van der Waals surface area contributed by atoms with Crippen LogP contribution in [0, 0.1) is 17.8 Å². The fourth-order valence-corrected chi connectivity index (χ4v) is 4.87. The summed E-state index contributed by atoms with van der Waals surface area (Å²) in [6.45, 7) is 0. The third-order valence-corrected chi connectivity index (χ3v) is 5.77. The van der Waals surface area contributed by atoms with Gasteiger partial charge in [-0.2, -0.15) is 11.3 Å². The summed E-state index contributed by atoms with van der Waals surface area (Å²) in [5.41, 5.74) is 4.36. The summed E-state index contributed by atoms with van der Waals surface area (Å²) in [4.78, 5) is 0. The van der Waals surface area contributed by atoms with Gasteiger partial charge in [0.05, 0.1) is 6.04 Å². The lowest BCUT2D eigenvalue weighted by Crippen LogP contribution is -2.30. The largest absolute Gasteiger partial charge is 0.271 e. The molecule has 0 bridgehead atoms. The smallest absolute Gasteiger partial charge is 0.0513 e. The van der Waals surface area contributed by atoms with Crippen molar-refractivity contribution in [3.8, 4) is 0 Å². The number of hydrogen-bond donors (Lipinski definition) is 2. The van der Waals surface area contributed by atoms with E-state index < -0.39 is 0 Å². The monoisotopic (exact) mass is 286 g/mol. The Bertz CT molecular complexity index is 355. The summed E-state index contributed by atoms with van der Waals surface area (Å²) in [6, 6.07) is 0.362. The zero-order chi connectivity index (χ0) is 10.4. The highest BCUT2D eigenvalue weighted by Gasteiger charge is 2.56. The van der Waals surface area contributed by atoms with Crippen molar-refractivity contribution in [2.24, 2.45) is 23.6 Å². The minimum atomic E-state index is 0.362. The Balaban J connectivity index is 1.81. The van der Waals surface area contributed by atoms with Crippen molar-refractivity contribution in [3.05, 3.63) is 20.8 Å². The average molecular weight is 287 g/mol. The molecule has 2 fully saturated rings. The van der Waals surface area contributed by atoms with Crippen LogP contribution in [0.15, 0.2) is 15.2 Å². The lowest BCUT2D eigenvalue weighted by molar-refractivity contribution is 0.425. The predicted octanol–water partition coefficient (Wildman–Crippen LogP) is 3.06. The minimum absolute atomic E-state index is 0.362. The Morgan fingerprint density at radius 3 is 2.67 bits per heavy atom. The number of hydrazine groups is 1. The molecule has 0 aliphatic heterocycles. The number of nitrogens with two attached hydrogens (primary N) is 1. The van der Waals surface area contributed by atoms with Crippen molar-refractivity contribution in [3.63, 3.8) is 0 Å². The van der Waals surface area contributed by atoms with Gasteiger partial charge in [-0.05, 0) is 57.5 Å². The molecule has 82 valence electrons. The summed E-state index contributed by atoms with van der Waals surface area (Å²) in [7, 11) is 0. The van der Waals surface area contributed by atoms with Crippen molar-refractivity contribution in [2.75, 3.05) is 0 Å². The van der Waals surface area contributed by atoms with E-state index in [0.717, 1.165) is 17.8 Å². The molecule has 3 N–H and O–H groups in total. The molecule has 0 spiro atoms. The molecule has 3 rings (SSSR count). The number of hydrogen-bond acceptors (Lipinski definition) is 3. The van der Waals surface area contributed by atoms with Gasteiger partial charge in [-0.3, -0.25) is 11.3 Å². The highest BCUT2D eigenvalue weighted by molar-refractivity contribution is 9.10. The number of rotatable bonds is 3. The van der Waals surface area contributed by atoms with Crippen LogP contribution >= 0.6 is 27.3 Å². The summed E-state index contributed by atoms with van der Waals surface area (Å²) in [5, 5.41) is 4.35. The Hall–Kier alpha value is 0.100. The molecule has 0 amide bonds. The second-order valence-electron chi connectivity index (χ2n) is 4.66. The molecule has 1 heterocycles. The summed E-state index contributed by atoms with van der Waals surface area (Å²) in [5.74, 6) is 8.38. The van der Waals surface area contributed by atoms with E-state index in [1.54, 1.807) is 11.3 Å². The molecule has 3 atom stereocenters. The first-order chi connectivity index (χ1) is 7.33. The van der Waals surface area contributed by atoms with E-state index >= 15 is 0 Å². The van der Waals surface area contributed by atoms with E-state index in [4.69, 9.17) is 5.84 Å². The minimum Gasteiger partial charge on any atom is -0.271 e. The third-order valence-electron chi connectivity index (χ3n) is 4.01. The van der Waals surface area contributed by atoms with Crippen molar-refractivity contribution < 1.29 is 0 Å². The van der Waals surface area contributed by atoms with E-state index in [1.165, 1.54) is 29.3 Å². The van der Waals surface area contributed by atoms with Crippen molar-refractivity contribution >= 4 is 27.3 Å². The second kappa shape index (κ2) is 3.84. The molecule has 4 heteroatoms. The molecule has 2 aliphatic carbocycles. The molecular weight excluding hydrogens is 272 g/mol. The first-order valence-electron chi connectivity index (χ1n) is 5.50. The van der Waals surface area contributed by atoms with Crippen molar-refractivity contribution in [2.45, 2.75) is 25.3 Å². The van der Waals surface area contributed by atoms with Crippen molar-refractivity contribution in [1.29, 1.82) is 0 Å².